The van der Waals surface area contributed by atoms with Gasteiger partial charge in [0.25, 0.3) is 0 Å². The van der Waals surface area contributed by atoms with E-state index in [4.69, 9.17) is 0 Å². The SMILES string of the molecule is O=C(O)[C@@H]1Cc2ccccc2CN1S(=O)(=O)C1CC1. The monoisotopic (exact) mass is 281 g/mol. The summed E-state index contributed by atoms with van der Waals surface area (Å²) in [5, 5.41) is 8.92. The van der Waals surface area contributed by atoms with E-state index in [1.54, 1.807) is 0 Å². The first-order valence-electron chi connectivity index (χ1n) is 6.30. The van der Waals surface area contributed by atoms with E-state index in [1.165, 1.54) is 4.31 Å². The standard InChI is InChI=1S/C13H15NO4S/c15-13(16)12-7-9-3-1-2-4-10(9)8-14(12)19(17,18)11-5-6-11/h1-4,11-12H,5-8H2,(H,15,16)/t12-/m0/s1. The van der Waals surface area contributed by atoms with E-state index in [-0.39, 0.29) is 18.2 Å². The molecule has 0 aromatic heterocycles. The zero-order valence-corrected chi connectivity index (χ0v) is 11.1. The number of hydrogen-bond donors (Lipinski definition) is 1. The zero-order valence-electron chi connectivity index (χ0n) is 10.3. The van der Waals surface area contributed by atoms with Crippen molar-refractivity contribution in [3.05, 3.63) is 35.4 Å². The Balaban J connectivity index is 2.01. The van der Waals surface area contributed by atoms with E-state index in [0.717, 1.165) is 11.1 Å². The van der Waals surface area contributed by atoms with Crippen LogP contribution in [0.3, 0.4) is 0 Å². The maximum Gasteiger partial charge on any atom is 0.322 e. The molecule has 1 fully saturated rings. The molecule has 102 valence electrons. The molecule has 5 nitrogen and oxygen atoms in total. The predicted octanol–water partition coefficient (Wildman–Crippen LogP) is 0.990. The van der Waals surface area contributed by atoms with Gasteiger partial charge in [0.2, 0.25) is 10.0 Å². The van der Waals surface area contributed by atoms with Crippen LogP contribution in [0.15, 0.2) is 24.3 Å². The van der Waals surface area contributed by atoms with Crippen molar-refractivity contribution in [1.82, 2.24) is 4.31 Å². The topological polar surface area (TPSA) is 74.7 Å². The number of carboxylic acids is 1. The first kappa shape index (κ1) is 12.6. The van der Waals surface area contributed by atoms with Crippen LogP contribution >= 0.6 is 0 Å². The van der Waals surface area contributed by atoms with Gasteiger partial charge in [-0.1, -0.05) is 24.3 Å². The molecule has 1 aliphatic heterocycles. The molecule has 1 saturated carbocycles. The minimum Gasteiger partial charge on any atom is -0.480 e. The van der Waals surface area contributed by atoms with E-state index < -0.39 is 22.0 Å². The smallest absolute Gasteiger partial charge is 0.322 e. The highest BCUT2D eigenvalue weighted by Gasteiger charge is 2.46. The third kappa shape index (κ3) is 2.15. The van der Waals surface area contributed by atoms with Gasteiger partial charge in [-0.05, 0) is 24.0 Å². The van der Waals surface area contributed by atoms with Crippen molar-refractivity contribution in [3.63, 3.8) is 0 Å². The summed E-state index contributed by atoms with van der Waals surface area (Å²) in [6.45, 7) is 0.173. The van der Waals surface area contributed by atoms with Gasteiger partial charge in [0.1, 0.15) is 6.04 Å². The van der Waals surface area contributed by atoms with Gasteiger partial charge < -0.3 is 5.11 Å². The number of nitrogens with zero attached hydrogens (tertiary/aromatic N) is 1. The van der Waals surface area contributed by atoms with Gasteiger partial charge >= 0.3 is 5.97 Å². The third-order valence-electron chi connectivity index (χ3n) is 3.76. The minimum atomic E-state index is -3.47. The molecular weight excluding hydrogens is 266 g/mol. The Morgan fingerprint density at radius 2 is 1.84 bits per heavy atom. The van der Waals surface area contributed by atoms with Crippen LogP contribution in [-0.4, -0.2) is 35.1 Å². The molecule has 0 unspecified atom stereocenters. The molecule has 19 heavy (non-hydrogen) atoms. The summed E-state index contributed by atoms with van der Waals surface area (Å²) in [7, 11) is -3.47. The van der Waals surface area contributed by atoms with Crippen LogP contribution in [0, 0.1) is 0 Å². The minimum absolute atomic E-state index is 0.173. The molecule has 0 radical (unpaired) electrons. The lowest BCUT2D eigenvalue weighted by atomic mass is 9.96. The number of hydrogen-bond acceptors (Lipinski definition) is 3. The molecule has 0 amide bonds. The number of sulfonamides is 1. The Morgan fingerprint density at radius 3 is 2.42 bits per heavy atom. The second-order valence-electron chi connectivity index (χ2n) is 5.12. The molecule has 1 aliphatic carbocycles. The molecule has 1 aromatic carbocycles. The van der Waals surface area contributed by atoms with Gasteiger partial charge in [-0.15, -0.1) is 0 Å². The van der Waals surface area contributed by atoms with Crippen molar-refractivity contribution in [3.8, 4) is 0 Å². The fourth-order valence-corrected chi connectivity index (χ4v) is 4.49. The highest BCUT2D eigenvalue weighted by Crippen LogP contribution is 2.35. The first-order valence-corrected chi connectivity index (χ1v) is 7.80. The number of carboxylic acid groups (broad SMARTS) is 1. The molecule has 1 atom stereocenters. The van der Waals surface area contributed by atoms with Crippen LogP contribution in [0.1, 0.15) is 24.0 Å². The predicted molar refractivity (Wildman–Crippen MR) is 69.1 cm³/mol. The van der Waals surface area contributed by atoms with Crippen LogP contribution in [0.4, 0.5) is 0 Å². The summed E-state index contributed by atoms with van der Waals surface area (Å²) >= 11 is 0. The van der Waals surface area contributed by atoms with Crippen molar-refractivity contribution in [2.45, 2.75) is 37.1 Å². The molecule has 1 N–H and O–H groups in total. The molecule has 1 aromatic rings. The Morgan fingerprint density at radius 1 is 1.21 bits per heavy atom. The molecule has 3 rings (SSSR count). The van der Waals surface area contributed by atoms with Crippen LogP contribution in [-0.2, 0) is 27.8 Å². The molecule has 1 heterocycles. The van der Waals surface area contributed by atoms with Crippen molar-refractivity contribution < 1.29 is 18.3 Å². The number of aliphatic carboxylic acids is 1. The molecule has 0 saturated heterocycles. The zero-order chi connectivity index (χ0) is 13.6. The molecule has 6 heteroatoms. The quantitative estimate of drug-likeness (QED) is 0.896. The number of fused-ring (bicyclic) bond motifs is 1. The van der Waals surface area contributed by atoms with Crippen LogP contribution < -0.4 is 0 Å². The Bertz CT molecular complexity index is 621. The maximum absolute atomic E-state index is 12.3. The van der Waals surface area contributed by atoms with Gasteiger partial charge in [-0.3, -0.25) is 4.79 Å². The van der Waals surface area contributed by atoms with Gasteiger partial charge in [0.05, 0.1) is 5.25 Å². The van der Waals surface area contributed by atoms with E-state index in [1.807, 2.05) is 24.3 Å². The molecule has 0 bridgehead atoms. The fraction of sp³-hybridized carbons (Fsp3) is 0.462. The lowest BCUT2D eigenvalue weighted by Crippen LogP contribution is -2.49. The van der Waals surface area contributed by atoms with Gasteiger partial charge in [0.15, 0.2) is 0 Å². The van der Waals surface area contributed by atoms with Gasteiger partial charge in [-0.2, -0.15) is 4.31 Å². The van der Waals surface area contributed by atoms with Crippen LogP contribution in [0.2, 0.25) is 0 Å². The summed E-state index contributed by atoms with van der Waals surface area (Å²) in [4.78, 5) is 11.4. The van der Waals surface area contributed by atoms with Crippen molar-refractivity contribution in [1.29, 1.82) is 0 Å². The molecular formula is C13H15NO4S. The summed E-state index contributed by atoms with van der Waals surface area (Å²) in [6.07, 6.45) is 1.54. The van der Waals surface area contributed by atoms with Crippen molar-refractivity contribution >= 4 is 16.0 Å². The second kappa shape index (κ2) is 4.31. The van der Waals surface area contributed by atoms with Crippen molar-refractivity contribution in [2.24, 2.45) is 0 Å². The Labute approximate surface area is 111 Å². The molecule has 0 spiro atoms. The van der Waals surface area contributed by atoms with Gasteiger partial charge in [-0.25, -0.2) is 8.42 Å². The fourth-order valence-electron chi connectivity index (χ4n) is 2.53. The molecule has 2 aliphatic rings. The average Bonchev–Trinajstić information content (AvgIpc) is 3.21. The van der Waals surface area contributed by atoms with E-state index >= 15 is 0 Å². The van der Waals surface area contributed by atoms with Gasteiger partial charge in [0, 0.05) is 13.0 Å². The summed E-state index contributed by atoms with van der Waals surface area (Å²) in [6, 6.07) is 6.46. The van der Waals surface area contributed by atoms with E-state index in [2.05, 4.69) is 0 Å². The largest absolute Gasteiger partial charge is 0.480 e. The lowest BCUT2D eigenvalue weighted by molar-refractivity contribution is -0.141. The highest BCUT2D eigenvalue weighted by molar-refractivity contribution is 7.90. The van der Waals surface area contributed by atoms with E-state index in [0.29, 0.717) is 12.8 Å². The number of carbonyl (C=O) groups is 1. The Kier molecular flexibility index (Phi) is 2.87. The summed E-state index contributed by atoms with van der Waals surface area (Å²) in [5.74, 6) is -1.07. The summed E-state index contributed by atoms with van der Waals surface area (Å²) < 4.78 is 25.8. The maximum atomic E-state index is 12.3. The van der Waals surface area contributed by atoms with E-state index in [9.17, 15) is 18.3 Å². The number of benzene rings is 1. The van der Waals surface area contributed by atoms with Crippen LogP contribution in [0.5, 0.6) is 0 Å². The first-order chi connectivity index (χ1) is 9.00. The Hall–Kier alpha value is -1.40. The average molecular weight is 281 g/mol. The second-order valence-corrected chi connectivity index (χ2v) is 7.28. The van der Waals surface area contributed by atoms with Crippen LogP contribution in [0.25, 0.3) is 0 Å². The number of rotatable bonds is 3. The third-order valence-corrected chi connectivity index (χ3v) is 6.11. The summed E-state index contributed by atoms with van der Waals surface area (Å²) in [5.41, 5.74) is 1.83. The highest BCUT2D eigenvalue weighted by atomic mass is 32.2. The lowest BCUT2D eigenvalue weighted by Gasteiger charge is -2.33. The van der Waals surface area contributed by atoms with Crippen molar-refractivity contribution in [2.75, 3.05) is 0 Å². The normalized spacial score (nSPS) is 23.9.